The van der Waals surface area contributed by atoms with E-state index in [0.29, 0.717) is 17.9 Å². The van der Waals surface area contributed by atoms with Gasteiger partial charge in [-0.3, -0.25) is 0 Å². The van der Waals surface area contributed by atoms with Crippen molar-refractivity contribution >= 4 is 11.5 Å². The number of pyridine rings is 1. The summed E-state index contributed by atoms with van der Waals surface area (Å²) in [6.45, 7) is 4.61. The van der Waals surface area contributed by atoms with Crippen LogP contribution in [0.25, 0.3) is 0 Å². The van der Waals surface area contributed by atoms with Crippen LogP contribution in [0.5, 0.6) is 5.75 Å². The van der Waals surface area contributed by atoms with Crippen LogP contribution in [-0.4, -0.2) is 16.6 Å². The number of hydrogen-bond donors (Lipinski definition) is 1. The summed E-state index contributed by atoms with van der Waals surface area (Å²) in [4.78, 5) is 6.21. The number of rotatable bonds is 3. The second-order valence-electron chi connectivity index (χ2n) is 4.20. The second kappa shape index (κ2) is 5.40. The fourth-order valence-corrected chi connectivity index (χ4v) is 2.02. The Hall–Kier alpha value is -2.54. The van der Waals surface area contributed by atoms with Gasteiger partial charge in [-0.15, -0.1) is 0 Å². The van der Waals surface area contributed by atoms with Gasteiger partial charge in [0.05, 0.1) is 5.56 Å². The van der Waals surface area contributed by atoms with E-state index < -0.39 is 0 Å². The van der Waals surface area contributed by atoms with E-state index in [9.17, 15) is 5.11 Å². The summed E-state index contributed by atoms with van der Waals surface area (Å²) in [5, 5.41) is 18.8. The molecule has 0 bridgehead atoms. The smallest absolute Gasteiger partial charge is 0.150 e. The van der Waals surface area contributed by atoms with Crippen molar-refractivity contribution < 1.29 is 5.11 Å². The molecule has 19 heavy (non-hydrogen) atoms. The average Bonchev–Trinajstić information content (AvgIpc) is 2.44. The molecule has 1 heterocycles. The number of phenols is 1. The highest BCUT2D eigenvalue weighted by Crippen LogP contribution is 2.31. The number of aryl methyl sites for hydroxylation is 1. The van der Waals surface area contributed by atoms with Crippen molar-refractivity contribution in [3.63, 3.8) is 0 Å². The van der Waals surface area contributed by atoms with Crippen LogP contribution in [0.1, 0.15) is 18.1 Å². The van der Waals surface area contributed by atoms with Crippen LogP contribution < -0.4 is 4.90 Å². The average molecular weight is 253 g/mol. The lowest BCUT2D eigenvalue weighted by atomic mass is 10.1. The lowest BCUT2D eigenvalue weighted by Crippen LogP contribution is -2.19. The van der Waals surface area contributed by atoms with E-state index in [0.717, 1.165) is 11.3 Å². The first-order valence-electron chi connectivity index (χ1n) is 6.09. The number of nitriles is 1. The lowest BCUT2D eigenvalue weighted by Gasteiger charge is -2.24. The van der Waals surface area contributed by atoms with Crippen molar-refractivity contribution in [3.8, 4) is 11.8 Å². The molecule has 0 unspecified atom stereocenters. The van der Waals surface area contributed by atoms with Gasteiger partial charge in [0.1, 0.15) is 11.8 Å². The number of aromatic hydroxyl groups is 1. The van der Waals surface area contributed by atoms with Crippen LogP contribution in [0.15, 0.2) is 36.5 Å². The van der Waals surface area contributed by atoms with Gasteiger partial charge in [0.15, 0.2) is 5.82 Å². The summed E-state index contributed by atoms with van der Waals surface area (Å²) in [5.74, 6) is 0.815. The molecule has 0 atom stereocenters. The number of phenolic OH excluding ortho intramolecular Hbond substituents is 1. The molecule has 0 aliphatic carbocycles. The molecule has 0 aliphatic rings. The maximum Gasteiger partial charge on any atom is 0.150 e. The Morgan fingerprint density at radius 2 is 2.16 bits per heavy atom. The van der Waals surface area contributed by atoms with Gasteiger partial charge in [-0.1, -0.05) is 6.07 Å². The zero-order chi connectivity index (χ0) is 13.8. The molecule has 2 rings (SSSR count). The van der Waals surface area contributed by atoms with Crippen LogP contribution in [0.2, 0.25) is 0 Å². The maximum absolute atomic E-state index is 9.64. The monoisotopic (exact) mass is 253 g/mol. The van der Waals surface area contributed by atoms with Gasteiger partial charge in [-0.2, -0.15) is 5.26 Å². The van der Waals surface area contributed by atoms with Crippen LogP contribution in [0.3, 0.4) is 0 Å². The van der Waals surface area contributed by atoms with Gasteiger partial charge >= 0.3 is 0 Å². The molecule has 0 amide bonds. The topological polar surface area (TPSA) is 60.1 Å². The van der Waals surface area contributed by atoms with Crippen molar-refractivity contribution in [2.24, 2.45) is 0 Å². The molecule has 0 saturated carbocycles. The predicted octanol–water partition coefficient (Wildman–Crippen LogP) is 3.13. The minimum Gasteiger partial charge on any atom is -0.508 e. The Kier molecular flexibility index (Phi) is 3.67. The molecular weight excluding hydrogens is 238 g/mol. The van der Waals surface area contributed by atoms with Gasteiger partial charge < -0.3 is 10.0 Å². The quantitative estimate of drug-likeness (QED) is 0.913. The normalized spacial score (nSPS) is 9.95. The largest absolute Gasteiger partial charge is 0.508 e. The highest BCUT2D eigenvalue weighted by molar-refractivity contribution is 5.69. The minimum atomic E-state index is 0.202. The molecule has 4 heteroatoms. The third kappa shape index (κ3) is 2.50. The first kappa shape index (κ1) is 12.9. The van der Waals surface area contributed by atoms with Gasteiger partial charge in [0, 0.05) is 24.5 Å². The van der Waals surface area contributed by atoms with Crippen molar-refractivity contribution in [1.82, 2.24) is 4.98 Å². The van der Waals surface area contributed by atoms with Crippen LogP contribution in [0.4, 0.5) is 11.5 Å². The Labute approximate surface area is 112 Å². The summed E-state index contributed by atoms with van der Waals surface area (Å²) in [7, 11) is 0. The summed E-state index contributed by atoms with van der Waals surface area (Å²) in [6.07, 6.45) is 1.66. The molecular formula is C15H15N3O. The van der Waals surface area contributed by atoms with Crippen molar-refractivity contribution in [2.45, 2.75) is 13.8 Å². The van der Waals surface area contributed by atoms with E-state index in [1.54, 1.807) is 30.5 Å². The van der Waals surface area contributed by atoms with Crippen molar-refractivity contribution in [2.75, 3.05) is 11.4 Å². The van der Waals surface area contributed by atoms with E-state index in [2.05, 4.69) is 11.1 Å². The third-order valence-electron chi connectivity index (χ3n) is 2.96. The molecule has 1 N–H and O–H groups in total. The molecule has 0 fully saturated rings. The molecule has 1 aromatic carbocycles. The zero-order valence-electron chi connectivity index (χ0n) is 11.0. The summed E-state index contributed by atoms with van der Waals surface area (Å²) >= 11 is 0. The predicted molar refractivity (Wildman–Crippen MR) is 74.5 cm³/mol. The number of aromatic nitrogens is 1. The van der Waals surface area contributed by atoms with Gasteiger partial charge in [0.2, 0.25) is 0 Å². The third-order valence-corrected chi connectivity index (χ3v) is 2.96. The molecule has 2 aromatic rings. The number of benzene rings is 1. The van der Waals surface area contributed by atoms with Crippen LogP contribution in [-0.2, 0) is 0 Å². The Morgan fingerprint density at radius 1 is 1.37 bits per heavy atom. The number of nitrogens with zero attached hydrogens (tertiary/aromatic N) is 3. The molecule has 1 aromatic heterocycles. The minimum absolute atomic E-state index is 0.202. The summed E-state index contributed by atoms with van der Waals surface area (Å²) < 4.78 is 0. The summed E-state index contributed by atoms with van der Waals surface area (Å²) in [6, 6.07) is 10.8. The zero-order valence-corrected chi connectivity index (χ0v) is 11.0. The summed E-state index contributed by atoms with van der Waals surface area (Å²) in [5.41, 5.74) is 2.40. The van der Waals surface area contributed by atoms with Crippen LogP contribution in [0, 0.1) is 18.3 Å². The van der Waals surface area contributed by atoms with Crippen molar-refractivity contribution in [1.29, 1.82) is 5.26 Å². The molecule has 0 saturated heterocycles. The van der Waals surface area contributed by atoms with Crippen molar-refractivity contribution in [3.05, 3.63) is 47.7 Å². The highest BCUT2D eigenvalue weighted by atomic mass is 16.3. The van der Waals surface area contributed by atoms with Gasteiger partial charge in [-0.05, 0) is 37.6 Å². The van der Waals surface area contributed by atoms with E-state index in [4.69, 9.17) is 5.26 Å². The molecule has 96 valence electrons. The fraction of sp³-hybridized carbons (Fsp3) is 0.200. The lowest BCUT2D eigenvalue weighted by molar-refractivity contribution is 0.475. The molecule has 4 nitrogen and oxygen atoms in total. The van der Waals surface area contributed by atoms with Gasteiger partial charge in [-0.25, -0.2) is 4.98 Å². The van der Waals surface area contributed by atoms with E-state index in [1.165, 1.54) is 0 Å². The molecule has 0 radical (unpaired) electrons. The standard InChI is InChI=1S/C15H15N3O/c1-3-18(14-9-13(19)7-6-11(14)2)15-12(10-16)5-4-8-17-15/h4-9,19H,3H2,1-2H3. The van der Waals surface area contributed by atoms with E-state index >= 15 is 0 Å². The maximum atomic E-state index is 9.64. The molecule has 0 aliphatic heterocycles. The highest BCUT2D eigenvalue weighted by Gasteiger charge is 2.15. The van der Waals surface area contributed by atoms with Crippen LogP contribution >= 0.6 is 0 Å². The number of anilines is 2. The Balaban J connectivity index is 2.57. The first-order chi connectivity index (χ1) is 9.17. The first-order valence-corrected chi connectivity index (χ1v) is 6.09. The fourth-order valence-electron chi connectivity index (χ4n) is 2.02. The number of hydrogen-bond acceptors (Lipinski definition) is 4. The molecule has 0 spiro atoms. The van der Waals surface area contributed by atoms with E-state index in [-0.39, 0.29) is 5.75 Å². The van der Waals surface area contributed by atoms with Gasteiger partial charge in [0.25, 0.3) is 0 Å². The SMILES string of the molecule is CCN(c1cc(O)ccc1C)c1ncccc1C#N. The second-order valence-corrected chi connectivity index (χ2v) is 4.20. The van der Waals surface area contributed by atoms with E-state index in [1.807, 2.05) is 24.8 Å². The Bertz CT molecular complexity index is 632. The Morgan fingerprint density at radius 3 is 2.84 bits per heavy atom.